The van der Waals surface area contributed by atoms with Crippen molar-refractivity contribution in [2.75, 3.05) is 29.1 Å². The Morgan fingerprint density at radius 1 is 0.781 bits per heavy atom. The van der Waals surface area contributed by atoms with Gasteiger partial charge in [-0.3, -0.25) is 9.59 Å². The third-order valence-electron chi connectivity index (χ3n) is 4.61. The van der Waals surface area contributed by atoms with Gasteiger partial charge in [0, 0.05) is 23.5 Å². The molecule has 164 valence electrons. The van der Waals surface area contributed by atoms with Crippen LogP contribution >= 0.6 is 0 Å². The van der Waals surface area contributed by atoms with Gasteiger partial charge in [-0.15, -0.1) is 0 Å². The molecule has 0 unspecified atom stereocenters. The molecule has 3 rings (SSSR count). The zero-order chi connectivity index (χ0) is 22.6. The van der Waals surface area contributed by atoms with E-state index in [1.54, 1.807) is 30.3 Å². The van der Waals surface area contributed by atoms with Gasteiger partial charge in [0.1, 0.15) is 12.4 Å². The van der Waals surface area contributed by atoms with E-state index in [9.17, 15) is 9.59 Å². The van der Waals surface area contributed by atoms with Gasteiger partial charge in [-0.2, -0.15) is 0 Å². The zero-order valence-corrected chi connectivity index (χ0v) is 17.8. The molecule has 0 aliphatic rings. The Morgan fingerprint density at radius 2 is 1.38 bits per heavy atom. The second-order valence-corrected chi connectivity index (χ2v) is 7.14. The molecular formula is C26H27N3O3. The first-order chi connectivity index (χ1) is 15.6. The number of hydrogen-bond acceptors (Lipinski definition) is 4. The first kappa shape index (κ1) is 22.6. The van der Waals surface area contributed by atoms with Crippen LogP contribution in [-0.4, -0.2) is 25.0 Å². The van der Waals surface area contributed by atoms with Crippen LogP contribution in [0.2, 0.25) is 0 Å². The topological polar surface area (TPSA) is 79.5 Å². The minimum Gasteiger partial charge on any atom is -0.490 e. The van der Waals surface area contributed by atoms with Crippen molar-refractivity contribution >= 4 is 28.9 Å². The van der Waals surface area contributed by atoms with E-state index in [1.165, 1.54) is 0 Å². The Hall–Kier alpha value is -4.06. The number of aryl methyl sites for hydroxylation is 1. The number of nitrogens with one attached hydrogen (secondary N) is 3. The molecule has 0 aliphatic heterocycles. The van der Waals surface area contributed by atoms with Crippen LogP contribution in [-0.2, 0) is 16.0 Å². The highest BCUT2D eigenvalue weighted by atomic mass is 16.5. The van der Waals surface area contributed by atoms with Gasteiger partial charge in [0.05, 0.1) is 6.54 Å². The maximum absolute atomic E-state index is 12.2. The molecule has 0 aromatic heterocycles. The van der Waals surface area contributed by atoms with Crippen LogP contribution in [0, 0.1) is 0 Å². The lowest BCUT2D eigenvalue weighted by Crippen LogP contribution is -2.21. The Labute approximate surface area is 188 Å². The monoisotopic (exact) mass is 429 g/mol. The number of ether oxygens (including phenoxy) is 1. The SMILES string of the molecule is C=CCOc1ccc(NCC(=O)Nc2ccc(NC(=O)CCc3ccccc3)cc2)cc1. The Morgan fingerprint density at radius 3 is 2.00 bits per heavy atom. The lowest BCUT2D eigenvalue weighted by molar-refractivity contribution is -0.116. The first-order valence-electron chi connectivity index (χ1n) is 10.4. The molecule has 6 heteroatoms. The second-order valence-electron chi connectivity index (χ2n) is 7.14. The summed E-state index contributed by atoms with van der Waals surface area (Å²) >= 11 is 0. The van der Waals surface area contributed by atoms with E-state index in [0.29, 0.717) is 30.8 Å². The van der Waals surface area contributed by atoms with Crippen LogP contribution < -0.4 is 20.7 Å². The lowest BCUT2D eigenvalue weighted by Gasteiger charge is -2.10. The van der Waals surface area contributed by atoms with Gasteiger partial charge >= 0.3 is 0 Å². The number of carbonyl (C=O) groups excluding carboxylic acids is 2. The average Bonchev–Trinajstić information content (AvgIpc) is 2.83. The highest BCUT2D eigenvalue weighted by Gasteiger charge is 2.05. The molecule has 2 amide bonds. The molecule has 0 spiro atoms. The molecule has 3 aromatic rings. The van der Waals surface area contributed by atoms with Gasteiger partial charge in [-0.25, -0.2) is 0 Å². The molecule has 0 saturated carbocycles. The average molecular weight is 430 g/mol. The number of hydrogen-bond donors (Lipinski definition) is 3. The van der Waals surface area contributed by atoms with Gasteiger partial charge in [-0.1, -0.05) is 43.0 Å². The summed E-state index contributed by atoms with van der Waals surface area (Å²) in [7, 11) is 0. The smallest absolute Gasteiger partial charge is 0.243 e. The van der Waals surface area contributed by atoms with E-state index in [0.717, 1.165) is 17.0 Å². The molecule has 0 atom stereocenters. The largest absolute Gasteiger partial charge is 0.490 e. The van der Waals surface area contributed by atoms with E-state index >= 15 is 0 Å². The summed E-state index contributed by atoms with van der Waals surface area (Å²) in [5.41, 5.74) is 3.30. The third kappa shape index (κ3) is 7.65. The van der Waals surface area contributed by atoms with Crippen LogP contribution in [0.3, 0.4) is 0 Å². The van der Waals surface area contributed by atoms with Crippen LogP contribution in [0.5, 0.6) is 5.75 Å². The molecule has 32 heavy (non-hydrogen) atoms. The molecule has 3 N–H and O–H groups in total. The van der Waals surface area contributed by atoms with Crippen molar-refractivity contribution in [2.24, 2.45) is 0 Å². The quantitative estimate of drug-likeness (QED) is 0.380. The predicted octanol–water partition coefficient (Wildman–Crippen LogP) is 4.87. The number of amides is 2. The van der Waals surface area contributed by atoms with Crippen LogP contribution in [0.25, 0.3) is 0 Å². The number of benzene rings is 3. The first-order valence-corrected chi connectivity index (χ1v) is 10.4. The number of carbonyl (C=O) groups is 2. The number of rotatable bonds is 11. The summed E-state index contributed by atoms with van der Waals surface area (Å²) in [6.07, 6.45) is 2.79. The molecule has 0 heterocycles. The van der Waals surface area contributed by atoms with Gasteiger partial charge < -0.3 is 20.7 Å². The molecule has 0 saturated heterocycles. The maximum atomic E-state index is 12.2. The van der Waals surface area contributed by atoms with Crippen molar-refractivity contribution in [3.63, 3.8) is 0 Å². The maximum Gasteiger partial charge on any atom is 0.243 e. The molecule has 6 nitrogen and oxygen atoms in total. The molecule has 0 aliphatic carbocycles. The summed E-state index contributed by atoms with van der Waals surface area (Å²) in [4.78, 5) is 24.3. The zero-order valence-electron chi connectivity index (χ0n) is 17.8. The van der Waals surface area contributed by atoms with Crippen molar-refractivity contribution < 1.29 is 14.3 Å². The second kappa shape index (κ2) is 12.0. The fourth-order valence-electron chi connectivity index (χ4n) is 2.97. The molecule has 0 radical (unpaired) electrons. The van der Waals surface area contributed by atoms with Crippen LogP contribution in [0.1, 0.15) is 12.0 Å². The van der Waals surface area contributed by atoms with Crippen molar-refractivity contribution in [3.8, 4) is 5.75 Å². The number of anilines is 3. The van der Waals surface area contributed by atoms with Gasteiger partial charge in [0.2, 0.25) is 11.8 Å². The van der Waals surface area contributed by atoms with E-state index in [2.05, 4.69) is 22.5 Å². The normalized spacial score (nSPS) is 10.1. The van der Waals surface area contributed by atoms with Crippen molar-refractivity contribution in [2.45, 2.75) is 12.8 Å². The minimum atomic E-state index is -0.170. The van der Waals surface area contributed by atoms with Crippen LogP contribution in [0.15, 0.2) is 91.5 Å². The van der Waals surface area contributed by atoms with Gasteiger partial charge in [-0.05, 0) is 60.5 Å². The molecule has 3 aromatic carbocycles. The van der Waals surface area contributed by atoms with Crippen LogP contribution in [0.4, 0.5) is 17.1 Å². The Balaban J connectivity index is 1.40. The fraction of sp³-hybridized carbons (Fsp3) is 0.154. The van der Waals surface area contributed by atoms with E-state index in [-0.39, 0.29) is 18.4 Å². The van der Waals surface area contributed by atoms with Gasteiger partial charge in [0.25, 0.3) is 0 Å². The predicted molar refractivity (Wildman–Crippen MR) is 129 cm³/mol. The lowest BCUT2D eigenvalue weighted by atomic mass is 10.1. The highest BCUT2D eigenvalue weighted by molar-refractivity contribution is 5.94. The summed E-state index contributed by atoms with van der Waals surface area (Å²) in [6.45, 7) is 4.19. The molecule has 0 bridgehead atoms. The fourth-order valence-corrected chi connectivity index (χ4v) is 2.97. The highest BCUT2D eigenvalue weighted by Crippen LogP contribution is 2.16. The molecular weight excluding hydrogens is 402 g/mol. The van der Waals surface area contributed by atoms with Crippen molar-refractivity contribution in [1.29, 1.82) is 0 Å². The van der Waals surface area contributed by atoms with E-state index in [4.69, 9.17) is 4.74 Å². The Kier molecular flexibility index (Phi) is 8.45. The van der Waals surface area contributed by atoms with Crippen molar-refractivity contribution in [3.05, 3.63) is 97.1 Å². The van der Waals surface area contributed by atoms with E-state index < -0.39 is 0 Å². The van der Waals surface area contributed by atoms with E-state index in [1.807, 2.05) is 54.6 Å². The summed E-state index contributed by atoms with van der Waals surface area (Å²) < 4.78 is 5.43. The minimum absolute atomic E-state index is 0.0456. The summed E-state index contributed by atoms with van der Waals surface area (Å²) in [5, 5.41) is 8.77. The van der Waals surface area contributed by atoms with Gasteiger partial charge in [0.15, 0.2) is 0 Å². The van der Waals surface area contributed by atoms with Crippen molar-refractivity contribution in [1.82, 2.24) is 0 Å². The standard InChI is InChI=1S/C26H27N3O3/c1-2-18-32-24-15-13-21(14-16-24)27-19-26(31)29-23-11-9-22(10-12-23)28-25(30)17-8-20-6-4-3-5-7-20/h2-7,9-16,27H,1,8,17-19H2,(H,28,30)(H,29,31). The summed E-state index contributed by atoms with van der Waals surface area (Å²) in [5.74, 6) is 0.527. The Bertz CT molecular complexity index is 1020. The summed E-state index contributed by atoms with van der Waals surface area (Å²) in [6, 6.07) is 24.3. The molecule has 0 fully saturated rings. The third-order valence-corrected chi connectivity index (χ3v) is 4.61.